The summed E-state index contributed by atoms with van der Waals surface area (Å²) in [6, 6.07) is 12.2. The van der Waals surface area contributed by atoms with Crippen LogP contribution < -0.4 is 11.3 Å². The Balaban J connectivity index is 2.33. The lowest BCUT2D eigenvalue weighted by atomic mass is 9.83. The second kappa shape index (κ2) is 3.57. The van der Waals surface area contributed by atoms with Crippen molar-refractivity contribution in [1.82, 2.24) is 4.98 Å². The summed E-state index contributed by atoms with van der Waals surface area (Å²) in [5.74, 6) is -0.0942. The molecule has 3 aromatic rings. The van der Waals surface area contributed by atoms with E-state index in [4.69, 9.17) is 5.73 Å². The van der Waals surface area contributed by atoms with Gasteiger partial charge >= 0.3 is 0 Å². The third kappa shape index (κ3) is 1.25. The largest absolute Gasteiger partial charge is 0.398 e. The standard InChI is InChI=1S/C16H10N2O2/c17-11-5-6-12-14-10(7-13(19)18-12)8-3-1-2-4-9(8)16(20)15(11)14/h1-7H,17H2,(H,18,19). The summed E-state index contributed by atoms with van der Waals surface area (Å²) in [5, 5.41) is 0.730. The number of rotatable bonds is 0. The molecule has 4 nitrogen and oxygen atoms in total. The zero-order chi connectivity index (χ0) is 13.9. The summed E-state index contributed by atoms with van der Waals surface area (Å²) >= 11 is 0. The van der Waals surface area contributed by atoms with Crippen LogP contribution in [0.2, 0.25) is 0 Å². The number of carbonyl (C=O) groups is 1. The molecule has 4 heteroatoms. The van der Waals surface area contributed by atoms with Crippen LogP contribution in [0.25, 0.3) is 22.0 Å². The average Bonchev–Trinajstić information content (AvgIpc) is 2.45. The fraction of sp³-hybridized carbons (Fsp3) is 0. The number of carbonyl (C=O) groups excluding carboxylic acids is 1. The first-order chi connectivity index (χ1) is 9.66. The number of aromatic amines is 1. The molecule has 0 fully saturated rings. The molecule has 2 aromatic carbocycles. The molecule has 0 spiro atoms. The van der Waals surface area contributed by atoms with Crippen LogP contribution in [-0.4, -0.2) is 10.8 Å². The predicted octanol–water partition coefficient (Wildman–Crippen LogP) is 2.32. The molecule has 1 aliphatic carbocycles. The molecule has 0 bridgehead atoms. The highest BCUT2D eigenvalue weighted by atomic mass is 16.1. The van der Waals surface area contributed by atoms with Crippen molar-refractivity contribution in [3.8, 4) is 11.1 Å². The molecule has 0 amide bonds. The van der Waals surface area contributed by atoms with Crippen molar-refractivity contribution < 1.29 is 4.79 Å². The van der Waals surface area contributed by atoms with E-state index >= 15 is 0 Å². The van der Waals surface area contributed by atoms with E-state index in [9.17, 15) is 9.59 Å². The molecule has 0 radical (unpaired) electrons. The van der Waals surface area contributed by atoms with E-state index in [1.165, 1.54) is 6.07 Å². The molecule has 0 unspecified atom stereocenters. The maximum absolute atomic E-state index is 12.6. The molecule has 1 aromatic heterocycles. The highest BCUT2D eigenvalue weighted by molar-refractivity contribution is 6.27. The molecular weight excluding hydrogens is 252 g/mol. The first-order valence-electron chi connectivity index (χ1n) is 6.26. The Morgan fingerprint density at radius 1 is 0.900 bits per heavy atom. The molecule has 3 N–H and O–H groups in total. The summed E-state index contributed by atoms with van der Waals surface area (Å²) < 4.78 is 0. The number of anilines is 1. The van der Waals surface area contributed by atoms with Gasteiger partial charge in [-0.1, -0.05) is 24.3 Å². The van der Waals surface area contributed by atoms with Crippen LogP contribution >= 0.6 is 0 Å². The van der Waals surface area contributed by atoms with Gasteiger partial charge in [-0.15, -0.1) is 0 Å². The summed E-state index contributed by atoms with van der Waals surface area (Å²) in [5.41, 5.74) is 9.47. The molecule has 0 saturated heterocycles. The van der Waals surface area contributed by atoms with Crippen LogP contribution in [-0.2, 0) is 0 Å². The highest BCUT2D eigenvalue weighted by Gasteiger charge is 2.27. The summed E-state index contributed by atoms with van der Waals surface area (Å²) in [6.07, 6.45) is 0. The summed E-state index contributed by atoms with van der Waals surface area (Å²) in [6.45, 7) is 0. The van der Waals surface area contributed by atoms with Gasteiger partial charge in [0.15, 0.2) is 5.78 Å². The minimum Gasteiger partial charge on any atom is -0.398 e. The number of nitrogen functional groups attached to an aromatic ring is 1. The lowest BCUT2D eigenvalue weighted by Gasteiger charge is -2.20. The number of nitrogens with one attached hydrogen (secondary N) is 1. The van der Waals surface area contributed by atoms with E-state index in [1.807, 2.05) is 18.2 Å². The third-order valence-corrected chi connectivity index (χ3v) is 3.73. The number of benzene rings is 2. The van der Waals surface area contributed by atoms with Gasteiger partial charge in [0.1, 0.15) is 0 Å². The van der Waals surface area contributed by atoms with Crippen molar-refractivity contribution >= 4 is 22.4 Å². The van der Waals surface area contributed by atoms with Crippen LogP contribution in [0, 0.1) is 0 Å². The average molecular weight is 262 g/mol. The van der Waals surface area contributed by atoms with Crippen LogP contribution in [0.3, 0.4) is 0 Å². The Labute approximate surface area is 113 Å². The fourth-order valence-electron chi connectivity index (χ4n) is 2.88. The summed E-state index contributed by atoms with van der Waals surface area (Å²) in [7, 11) is 0. The molecular formula is C16H10N2O2. The van der Waals surface area contributed by atoms with Gasteiger partial charge in [0.2, 0.25) is 5.56 Å². The Kier molecular flexibility index (Phi) is 1.96. The minimum atomic E-state index is -0.188. The number of hydrogen-bond donors (Lipinski definition) is 2. The van der Waals surface area contributed by atoms with E-state index < -0.39 is 0 Å². The van der Waals surface area contributed by atoms with Gasteiger partial charge in [-0.25, -0.2) is 0 Å². The van der Waals surface area contributed by atoms with Crippen LogP contribution in [0.4, 0.5) is 5.69 Å². The smallest absolute Gasteiger partial charge is 0.249 e. The molecule has 20 heavy (non-hydrogen) atoms. The van der Waals surface area contributed by atoms with Crippen molar-refractivity contribution in [1.29, 1.82) is 0 Å². The number of fused-ring (bicyclic) bond motifs is 2. The highest BCUT2D eigenvalue weighted by Crippen LogP contribution is 2.39. The number of pyridine rings is 1. The van der Waals surface area contributed by atoms with Gasteiger partial charge in [0.05, 0.1) is 5.56 Å². The van der Waals surface area contributed by atoms with E-state index in [2.05, 4.69) is 4.98 Å². The second-order valence-electron chi connectivity index (χ2n) is 4.87. The maximum atomic E-state index is 12.6. The van der Waals surface area contributed by atoms with Gasteiger partial charge < -0.3 is 10.7 Å². The van der Waals surface area contributed by atoms with Gasteiger partial charge in [0.25, 0.3) is 0 Å². The van der Waals surface area contributed by atoms with Crippen molar-refractivity contribution in [3.05, 3.63) is 63.9 Å². The van der Waals surface area contributed by atoms with E-state index in [1.54, 1.807) is 18.2 Å². The quantitative estimate of drug-likeness (QED) is 0.477. The Hall–Kier alpha value is -2.88. The Bertz CT molecular complexity index is 954. The zero-order valence-corrected chi connectivity index (χ0v) is 10.4. The van der Waals surface area contributed by atoms with E-state index in [0.717, 1.165) is 16.5 Å². The third-order valence-electron chi connectivity index (χ3n) is 3.73. The van der Waals surface area contributed by atoms with Crippen molar-refractivity contribution in [2.24, 2.45) is 0 Å². The monoisotopic (exact) mass is 262 g/mol. The number of ketones is 1. The second-order valence-corrected chi connectivity index (χ2v) is 4.87. The van der Waals surface area contributed by atoms with Gasteiger partial charge in [0, 0.05) is 28.2 Å². The Morgan fingerprint density at radius 2 is 1.65 bits per heavy atom. The lowest BCUT2D eigenvalue weighted by molar-refractivity contribution is 0.104. The van der Waals surface area contributed by atoms with Crippen LogP contribution in [0.1, 0.15) is 15.9 Å². The first kappa shape index (κ1) is 11.0. The normalized spacial score (nSPS) is 12.5. The first-order valence-corrected chi connectivity index (χ1v) is 6.26. The van der Waals surface area contributed by atoms with Crippen molar-refractivity contribution in [2.45, 2.75) is 0 Å². The number of aromatic nitrogens is 1. The Morgan fingerprint density at radius 3 is 2.45 bits per heavy atom. The molecule has 96 valence electrons. The molecule has 0 saturated carbocycles. The fourth-order valence-corrected chi connectivity index (χ4v) is 2.88. The van der Waals surface area contributed by atoms with Crippen LogP contribution in [0.15, 0.2) is 47.3 Å². The van der Waals surface area contributed by atoms with Crippen molar-refractivity contribution in [2.75, 3.05) is 5.73 Å². The van der Waals surface area contributed by atoms with E-state index in [-0.39, 0.29) is 11.3 Å². The minimum absolute atomic E-state index is 0.0942. The maximum Gasteiger partial charge on any atom is 0.249 e. The molecule has 0 atom stereocenters. The van der Waals surface area contributed by atoms with Crippen molar-refractivity contribution in [3.63, 3.8) is 0 Å². The molecule has 1 aliphatic rings. The molecule has 4 rings (SSSR count). The predicted molar refractivity (Wildman–Crippen MR) is 77.8 cm³/mol. The van der Waals surface area contributed by atoms with Gasteiger partial charge in [-0.2, -0.15) is 0 Å². The lowest BCUT2D eigenvalue weighted by Crippen LogP contribution is -2.16. The topological polar surface area (TPSA) is 76.0 Å². The van der Waals surface area contributed by atoms with E-state index in [0.29, 0.717) is 22.3 Å². The summed E-state index contributed by atoms with van der Waals surface area (Å²) in [4.78, 5) is 27.2. The zero-order valence-electron chi connectivity index (χ0n) is 10.4. The van der Waals surface area contributed by atoms with Crippen LogP contribution in [0.5, 0.6) is 0 Å². The van der Waals surface area contributed by atoms with Gasteiger partial charge in [-0.05, 0) is 23.3 Å². The SMILES string of the molecule is Nc1ccc2[nH]c(=O)cc3c2c1C(=O)c1ccccc1-3. The number of hydrogen-bond acceptors (Lipinski definition) is 3. The molecule has 0 aliphatic heterocycles. The van der Waals surface area contributed by atoms with Gasteiger partial charge in [-0.3, -0.25) is 9.59 Å². The number of nitrogens with two attached hydrogens (primary N) is 1. The number of H-pyrrole nitrogens is 1. The molecule has 1 heterocycles.